The number of hydrogen-bond acceptors (Lipinski definition) is 3. The van der Waals surface area contributed by atoms with Crippen LogP contribution in [0.25, 0.3) is 0 Å². The molecule has 1 aromatic heterocycles. The average molecular weight is 296 g/mol. The molecule has 0 radical (unpaired) electrons. The molecular weight excluding hydrogens is 278 g/mol. The molecule has 0 bridgehead atoms. The summed E-state index contributed by atoms with van der Waals surface area (Å²) in [4.78, 5) is 5.74. The van der Waals surface area contributed by atoms with Crippen LogP contribution in [0.4, 0.5) is 8.78 Å². The summed E-state index contributed by atoms with van der Waals surface area (Å²) in [6.45, 7) is 4.05. The minimum atomic E-state index is -0.805. The molecule has 1 aromatic carbocycles. The minimum absolute atomic E-state index is 0.157. The molecule has 2 rings (SSSR count). The molecular formula is C15H18F2N2S. The molecule has 2 aromatic rings. The predicted octanol–water partition coefficient (Wildman–Crippen LogP) is 3.41. The van der Waals surface area contributed by atoms with Crippen molar-refractivity contribution in [2.24, 2.45) is 0 Å². The highest BCUT2D eigenvalue weighted by Gasteiger charge is 2.13. The molecule has 0 amide bonds. The third-order valence-corrected chi connectivity index (χ3v) is 4.46. The van der Waals surface area contributed by atoms with E-state index in [4.69, 9.17) is 0 Å². The van der Waals surface area contributed by atoms with Gasteiger partial charge in [0.2, 0.25) is 0 Å². The van der Waals surface area contributed by atoms with Crippen LogP contribution in [-0.2, 0) is 12.8 Å². The summed E-state index contributed by atoms with van der Waals surface area (Å²) in [7, 11) is 1.87. The molecule has 2 nitrogen and oxygen atoms in total. The lowest BCUT2D eigenvalue weighted by molar-refractivity contribution is 0.503. The molecule has 1 unspecified atom stereocenters. The Hall–Kier alpha value is -1.33. The lowest BCUT2D eigenvalue weighted by Gasteiger charge is -2.15. The maximum Gasteiger partial charge on any atom is 0.159 e. The number of nitrogens with zero attached hydrogens (tertiary/aromatic N) is 1. The van der Waals surface area contributed by atoms with Gasteiger partial charge in [-0.3, -0.25) is 0 Å². The third kappa shape index (κ3) is 3.61. The van der Waals surface area contributed by atoms with Gasteiger partial charge in [-0.2, -0.15) is 0 Å². The largest absolute Gasteiger partial charge is 0.316 e. The van der Waals surface area contributed by atoms with Gasteiger partial charge in [0.1, 0.15) is 0 Å². The van der Waals surface area contributed by atoms with Crippen LogP contribution in [0.2, 0.25) is 0 Å². The standard InChI is InChI=1S/C15H18F2N2S/c1-9-10(2)20-15(19-9)8-12(18-3)6-11-4-5-13(16)14(17)7-11/h4-5,7,12,18H,6,8H2,1-3H3. The Kier molecular flexibility index (Phi) is 4.83. The smallest absolute Gasteiger partial charge is 0.159 e. The number of aryl methyl sites for hydroxylation is 2. The SMILES string of the molecule is CNC(Cc1ccc(F)c(F)c1)Cc1nc(C)c(C)s1. The van der Waals surface area contributed by atoms with Gasteiger partial charge >= 0.3 is 0 Å². The lowest BCUT2D eigenvalue weighted by Crippen LogP contribution is -2.29. The van der Waals surface area contributed by atoms with Crippen molar-refractivity contribution in [3.63, 3.8) is 0 Å². The van der Waals surface area contributed by atoms with E-state index in [0.29, 0.717) is 6.42 Å². The Morgan fingerprint density at radius 3 is 2.50 bits per heavy atom. The molecule has 0 aliphatic rings. The second-order valence-electron chi connectivity index (χ2n) is 4.89. The van der Waals surface area contributed by atoms with Crippen molar-refractivity contribution >= 4 is 11.3 Å². The number of hydrogen-bond donors (Lipinski definition) is 1. The number of aromatic nitrogens is 1. The Morgan fingerprint density at radius 2 is 1.95 bits per heavy atom. The minimum Gasteiger partial charge on any atom is -0.316 e. The first-order valence-electron chi connectivity index (χ1n) is 6.53. The Bertz CT molecular complexity index is 576. The first-order chi connectivity index (χ1) is 9.49. The molecule has 1 heterocycles. The Balaban J connectivity index is 2.06. The van der Waals surface area contributed by atoms with Gasteiger partial charge in [-0.25, -0.2) is 13.8 Å². The van der Waals surface area contributed by atoms with Crippen LogP contribution in [0.15, 0.2) is 18.2 Å². The quantitative estimate of drug-likeness (QED) is 0.914. The van der Waals surface area contributed by atoms with E-state index in [0.717, 1.165) is 22.7 Å². The van der Waals surface area contributed by atoms with Crippen LogP contribution in [0.5, 0.6) is 0 Å². The van der Waals surface area contributed by atoms with Crippen LogP contribution in [0, 0.1) is 25.5 Å². The fourth-order valence-electron chi connectivity index (χ4n) is 2.06. The highest BCUT2D eigenvalue weighted by molar-refractivity contribution is 7.11. The van der Waals surface area contributed by atoms with E-state index in [1.165, 1.54) is 17.0 Å². The maximum absolute atomic E-state index is 13.2. The molecule has 108 valence electrons. The molecule has 0 saturated carbocycles. The van der Waals surface area contributed by atoms with E-state index in [1.54, 1.807) is 17.4 Å². The molecule has 0 saturated heterocycles. The molecule has 0 fully saturated rings. The highest BCUT2D eigenvalue weighted by atomic mass is 32.1. The van der Waals surface area contributed by atoms with Crippen LogP contribution < -0.4 is 5.32 Å². The third-order valence-electron chi connectivity index (χ3n) is 3.37. The van der Waals surface area contributed by atoms with Crippen LogP contribution in [0.3, 0.4) is 0 Å². The average Bonchev–Trinajstić information content (AvgIpc) is 2.72. The first-order valence-corrected chi connectivity index (χ1v) is 7.35. The van der Waals surface area contributed by atoms with Gasteiger partial charge < -0.3 is 5.32 Å². The second kappa shape index (κ2) is 6.41. The molecule has 5 heteroatoms. The Morgan fingerprint density at radius 1 is 1.20 bits per heavy atom. The zero-order valence-corrected chi connectivity index (χ0v) is 12.7. The highest BCUT2D eigenvalue weighted by Crippen LogP contribution is 2.19. The molecule has 1 atom stereocenters. The summed E-state index contributed by atoms with van der Waals surface area (Å²) >= 11 is 1.69. The van der Waals surface area contributed by atoms with Crippen LogP contribution >= 0.6 is 11.3 Å². The van der Waals surface area contributed by atoms with Gasteiger partial charge in [0.25, 0.3) is 0 Å². The van der Waals surface area contributed by atoms with E-state index in [9.17, 15) is 8.78 Å². The summed E-state index contributed by atoms with van der Waals surface area (Å²) in [5.41, 5.74) is 1.85. The van der Waals surface area contributed by atoms with Crippen molar-refractivity contribution < 1.29 is 8.78 Å². The van der Waals surface area contributed by atoms with Crippen LogP contribution in [-0.4, -0.2) is 18.1 Å². The van der Waals surface area contributed by atoms with E-state index >= 15 is 0 Å². The predicted molar refractivity (Wildman–Crippen MR) is 78.2 cm³/mol. The number of likely N-dealkylation sites (N-methyl/N-ethyl adjacent to an activating group) is 1. The molecule has 1 N–H and O–H groups in total. The fourth-order valence-corrected chi connectivity index (χ4v) is 3.08. The van der Waals surface area contributed by atoms with Gasteiger partial charge in [-0.05, 0) is 45.0 Å². The van der Waals surface area contributed by atoms with E-state index < -0.39 is 11.6 Å². The summed E-state index contributed by atoms with van der Waals surface area (Å²) in [5, 5.41) is 4.28. The Labute approximate surface area is 121 Å². The van der Waals surface area contributed by atoms with Crippen molar-refractivity contribution in [2.75, 3.05) is 7.05 Å². The number of benzene rings is 1. The number of rotatable bonds is 5. The van der Waals surface area contributed by atoms with E-state index in [2.05, 4.69) is 17.2 Å². The number of nitrogens with one attached hydrogen (secondary N) is 1. The summed E-state index contributed by atoms with van der Waals surface area (Å²) < 4.78 is 26.1. The van der Waals surface area contributed by atoms with Crippen molar-refractivity contribution in [3.8, 4) is 0 Å². The van der Waals surface area contributed by atoms with E-state index in [-0.39, 0.29) is 6.04 Å². The van der Waals surface area contributed by atoms with Gasteiger partial charge in [-0.1, -0.05) is 6.07 Å². The number of halogens is 2. The van der Waals surface area contributed by atoms with Gasteiger partial charge in [0.15, 0.2) is 11.6 Å². The lowest BCUT2D eigenvalue weighted by atomic mass is 10.0. The molecule has 0 aliphatic carbocycles. The molecule has 0 spiro atoms. The monoisotopic (exact) mass is 296 g/mol. The van der Waals surface area contributed by atoms with Crippen molar-refractivity contribution in [1.82, 2.24) is 10.3 Å². The van der Waals surface area contributed by atoms with Crippen LogP contribution in [0.1, 0.15) is 21.1 Å². The summed E-state index contributed by atoms with van der Waals surface area (Å²) in [6, 6.07) is 4.22. The zero-order chi connectivity index (χ0) is 14.7. The first kappa shape index (κ1) is 15.1. The van der Waals surface area contributed by atoms with E-state index in [1.807, 2.05) is 14.0 Å². The van der Waals surface area contributed by atoms with Crippen molar-refractivity contribution in [1.29, 1.82) is 0 Å². The number of thiazole rings is 1. The van der Waals surface area contributed by atoms with Gasteiger partial charge in [0.05, 0.1) is 10.7 Å². The second-order valence-corrected chi connectivity index (χ2v) is 6.18. The maximum atomic E-state index is 13.2. The fraction of sp³-hybridized carbons (Fsp3) is 0.400. The summed E-state index contributed by atoms with van der Waals surface area (Å²) in [6.07, 6.45) is 1.43. The van der Waals surface area contributed by atoms with Crippen molar-refractivity contribution in [2.45, 2.75) is 32.7 Å². The zero-order valence-electron chi connectivity index (χ0n) is 11.8. The topological polar surface area (TPSA) is 24.9 Å². The van der Waals surface area contributed by atoms with Crippen molar-refractivity contribution in [3.05, 3.63) is 51.0 Å². The molecule has 0 aliphatic heterocycles. The summed E-state index contributed by atoms with van der Waals surface area (Å²) in [5.74, 6) is -1.60. The normalized spacial score (nSPS) is 12.7. The van der Waals surface area contributed by atoms with Gasteiger partial charge in [0, 0.05) is 17.3 Å². The van der Waals surface area contributed by atoms with Gasteiger partial charge in [-0.15, -0.1) is 11.3 Å². The molecule has 20 heavy (non-hydrogen) atoms.